The molecule has 108 valence electrons. The SMILES string of the molecule is CC1CCC(C(=O)N2CCCCC2C2CCCN2)O1. The Hall–Kier alpha value is -0.610. The molecule has 1 N–H and O–H groups in total. The van der Waals surface area contributed by atoms with Crippen LogP contribution in [0.1, 0.15) is 51.9 Å². The number of hydrogen-bond donors (Lipinski definition) is 1. The van der Waals surface area contributed by atoms with Gasteiger partial charge in [0, 0.05) is 18.6 Å². The third kappa shape index (κ3) is 2.79. The van der Waals surface area contributed by atoms with Crippen molar-refractivity contribution in [1.29, 1.82) is 0 Å². The largest absolute Gasteiger partial charge is 0.365 e. The highest BCUT2D eigenvalue weighted by atomic mass is 16.5. The van der Waals surface area contributed by atoms with Gasteiger partial charge in [-0.15, -0.1) is 0 Å². The molecular weight excluding hydrogens is 240 g/mol. The van der Waals surface area contributed by atoms with Gasteiger partial charge in [0.15, 0.2) is 0 Å². The average Bonchev–Trinajstić information content (AvgIpc) is 3.09. The maximum Gasteiger partial charge on any atom is 0.252 e. The van der Waals surface area contributed by atoms with Gasteiger partial charge in [0.25, 0.3) is 5.91 Å². The number of carbonyl (C=O) groups excluding carboxylic acids is 1. The molecule has 0 aromatic carbocycles. The summed E-state index contributed by atoms with van der Waals surface area (Å²) >= 11 is 0. The molecular formula is C15H26N2O2. The average molecular weight is 266 g/mol. The van der Waals surface area contributed by atoms with E-state index in [9.17, 15) is 4.79 Å². The van der Waals surface area contributed by atoms with E-state index < -0.39 is 0 Å². The Labute approximate surface area is 115 Å². The fourth-order valence-corrected chi connectivity index (χ4v) is 3.86. The van der Waals surface area contributed by atoms with Crippen LogP contribution in [-0.4, -0.2) is 48.2 Å². The molecule has 0 bridgehead atoms. The highest BCUT2D eigenvalue weighted by Gasteiger charge is 2.39. The fraction of sp³-hybridized carbons (Fsp3) is 0.933. The molecule has 3 aliphatic rings. The molecule has 0 aromatic heterocycles. The maximum atomic E-state index is 12.7. The van der Waals surface area contributed by atoms with Crippen LogP contribution in [0, 0.1) is 0 Å². The Balaban J connectivity index is 1.67. The first-order valence-electron chi connectivity index (χ1n) is 7.95. The second-order valence-corrected chi connectivity index (χ2v) is 6.31. The molecule has 0 radical (unpaired) electrons. The van der Waals surface area contributed by atoms with E-state index in [1.807, 2.05) is 0 Å². The number of hydrogen-bond acceptors (Lipinski definition) is 3. The summed E-state index contributed by atoms with van der Waals surface area (Å²) in [5.74, 6) is 0.253. The van der Waals surface area contributed by atoms with Crippen LogP contribution in [-0.2, 0) is 9.53 Å². The summed E-state index contributed by atoms with van der Waals surface area (Å²) in [6.45, 7) is 4.11. The van der Waals surface area contributed by atoms with Crippen LogP contribution in [0.2, 0.25) is 0 Å². The molecule has 3 rings (SSSR count). The van der Waals surface area contributed by atoms with Crippen LogP contribution in [0.25, 0.3) is 0 Å². The molecule has 3 saturated heterocycles. The van der Waals surface area contributed by atoms with E-state index in [1.54, 1.807) is 0 Å². The zero-order chi connectivity index (χ0) is 13.2. The summed E-state index contributed by atoms with van der Waals surface area (Å²) in [5.41, 5.74) is 0. The fourth-order valence-electron chi connectivity index (χ4n) is 3.86. The van der Waals surface area contributed by atoms with Crippen molar-refractivity contribution >= 4 is 5.91 Å². The van der Waals surface area contributed by atoms with Crippen molar-refractivity contribution in [3.63, 3.8) is 0 Å². The lowest BCUT2D eigenvalue weighted by molar-refractivity contribution is -0.147. The van der Waals surface area contributed by atoms with Crippen LogP contribution in [0.5, 0.6) is 0 Å². The van der Waals surface area contributed by atoms with Crippen molar-refractivity contribution in [3.8, 4) is 0 Å². The summed E-state index contributed by atoms with van der Waals surface area (Å²) in [6, 6.07) is 0.923. The predicted molar refractivity (Wildman–Crippen MR) is 73.9 cm³/mol. The lowest BCUT2D eigenvalue weighted by Gasteiger charge is -2.40. The zero-order valence-corrected chi connectivity index (χ0v) is 11.9. The minimum Gasteiger partial charge on any atom is -0.365 e. The Bertz CT molecular complexity index is 328. The minimum atomic E-state index is -0.169. The van der Waals surface area contributed by atoms with Crippen molar-refractivity contribution in [2.45, 2.75) is 76.2 Å². The molecule has 0 saturated carbocycles. The number of carbonyl (C=O) groups is 1. The van der Waals surface area contributed by atoms with Gasteiger partial charge in [-0.05, 0) is 58.4 Å². The van der Waals surface area contributed by atoms with E-state index in [4.69, 9.17) is 4.74 Å². The third-order valence-corrected chi connectivity index (χ3v) is 4.90. The lowest BCUT2D eigenvalue weighted by Crippen LogP contribution is -2.55. The van der Waals surface area contributed by atoms with Crippen molar-refractivity contribution in [3.05, 3.63) is 0 Å². The quantitative estimate of drug-likeness (QED) is 0.827. The molecule has 0 spiro atoms. The van der Waals surface area contributed by atoms with E-state index in [2.05, 4.69) is 17.1 Å². The van der Waals surface area contributed by atoms with Gasteiger partial charge in [0.1, 0.15) is 6.10 Å². The molecule has 3 aliphatic heterocycles. The first-order chi connectivity index (χ1) is 9.25. The van der Waals surface area contributed by atoms with Crippen molar-refractivity contribution < 1.29 is 9.53 Å². The van der Waals surface area contributed by atoms with Crippen LogP contribution in [0.3, 0.4) is 0 Å². The number of rotatable bonds is 2. The first kappa shape index (κ1) is 13.4. The highest BCUT2D eigenvalue weighted by Crippen LogP contribution is 2.28. The van der Waals surface area contributed by atoms with E-state index >= 15 is 0 Å². The number of likely N-dealkylation sites (tertiary alicyclic amines) is 1. The maximum absolute atomic E-state index is 12.7. The van der Waals surface area contributed by atoms with Gasteiger partial charge in [-0.3, -0.25) is 4.79 Å². The second kappa shape index (κ2) is 5.80. The van der Waals surface area contributed by atoms with E-state index in [0.717, 1.165) is 38.8 Å². The number of amides is 1. The Kier molecular flexibility index (Phi) is 4.08. The molecule has 4 heteroatoms. The predicted octanol–water partition coefficient (Wildman–Crippen LogP) is 1.69. The van der Waals surface area contributed by atoms with Crippen LogP contribution in [0.15, 0.2) is 0 Å². The molecule has 1 amide bonds. The molecule has 3 heterocycles. The molecule has 0 aromatic rings. The van der Waals surface area contributed by atoms with Crippen LogP contribution < -0.4 is 5.32 Å². The standard InChI is InChI=1S/C15H26N2O2/c1-11-7-8-14(19-11)15(18)17-10-3-2-6-13(17)12-5-4-9-16-12/h11-14,16H,2-10H2,1H3. The van der Waals surface area contributed by atoms with Crippen LogP contribution >= 0.6 is 0 Å². The topological polar surface area (TPSA) is 41.6 Å². The van der Waals surface area contributed by atoms with E-state index in [1.165, 1.54) is 19.3 Å². The summed E-state index contributed by atoms with van der Waals surface area (Å²) in [6.07, 6.45) is 8.05. The highest BCUT2D eigenvalue weighted by molar-refractivity contribution is 5.81. The lowest BCUT2D eigenvalue weighted by atomic mass is 9.94. The third-order valence-electron chi connectivity index (χ3n) is 4.90. The molecule has 4 unspecified atom stereocenters. The molecule has 3 fully saturated rings. The number of ether oxygens (including phenoxy) is 1. The molecule has 4 atom stereocenters. The van der Waals surface area contributed by atoms with Crippen molar-refractivity contribution in [1.82, 2.24) is 10.2 Å². The van der Waals surface area contributed by atoms with Gasteiger partial charge in [0.05, 0.1) is 6.10 Å². The molecule has 19 heavy (non-hydrogen) atoms. The Morgan fingerprint density at radius 2 is 2.05 bits per heavy atom. The second-order valence-electron chi connectivity index (χ2n) is 6.31. The van der Waals surface area contributed by atoms with Gasteiger partial charge in [-0.2, -0.15) is 0 Å². The normalized spacial score (nSPS) is 39.7. The molecule has 4 nitrogen and oxygen atoms in total. The van der Waals surface area contributed by atoms with Gasteiger partial charge in [-0.1, -0.05) is 0 Å². The molecule has 0 aliphatic carbocycles. The zero-order valence-electron chi connectivity index (χ0n) is 11.9. The summed E-state index contributed by atoms with van der Waals surface area (Å²) < 4.78 is 5.78. The monoisotopic (exact) mass is 266 g/mol. The van der Waals surface area contributed by atoms with Crippen molar-refractivity contribution in [2.24, 2.45) is 0 Å². The van der Waals surface area contributed by atoms with Crippen LogP contribution in [0.4, 0.5) is 0 Å². The van der Waals surface area contributed by atoms with Gasteiger partial charge in [0.2, 0.25) is 0 Å². The number of nitrogens with zero attached hydrogens (tertiary/aromatic N) is 1. The van der Waals surface area contributed by atoms with Gasteiger partial charge in [-0.25, -0.2) is 0 Å². The van der Waals surface area contributed by atoms with Gasteiger partial charge >= 0.3 is 0 Å². The summed E-state index contributed by atoms with van der Waals surface area (Å²) in [5, 5.41) is 3.58. The number of nitrogens with one attached hydrogen (secondary N) is 1. The Morgan fingerprint density at radius 1 is 1.16 bits per heavy atom. The van der Waals surface area contributed by atoms with E-state index in [-0.39, 0.29) is 18.1 Å². The van der Waals surface area contributed by atoms with Gasteiger partial charge < -0.3 is 15.0 Å². The minimum absolute atomic E-state index is 0.169. The Morgan fingerprint density at radius 3 is 2.74 bits per heavy atom. The van der Waals surface area contributed by atoms with Crippen molar-refractivity contribution in [2.75, 3.05) is 13.1 Å². The summed E-state index contributed by atoms with van der Waals surface area (Å²) in [7, 11) is 0. The smallest absolute Gasteiger partial charge is 0.252 e. The van der Waals surface area contributed by atoms with E-state index in [0.29, 0.717) is 12.1 Å². The number of piperidine rings is 1. The summed E-state index contributed by atoms with van der Waals surface area (Å²) in [4.78, 5) is 14.8. The first-order valence-corrected chi connectivity index (χ1v) is 7.95.